The van der Waals surface area contributed by atoms with Gasteiger partial charge in [0.1, 0.15) is 6.04 Å². The average Bonchev–Trinajstić information content (AvgIpc) is 3.01. The smallest absolute Gasteiger partial charge is 0.341 e. The molecule has 9 heteroatoms. The summed E-state index contributed by atoms with van der Waals surface area (Å²) in [6.07, 6.45) is -3.41. The van der Waals surface area contributed by atoms with Gasteiger partial charge in [-0.25, -0.2) is 4.79 Å². The maximum absolute atomic E-state index is 12.9. The summed E-state index contributed by atoms with van der Waals surface area (Å²) in [7, 11) is 1.45. The lowest BCUT2D eigenvalue weighted by molar-refractivity contribution is -0.137. The summed E-state index contributed by atoms with van der Waals surface area (Å²) in [5.74, 6) is -0.553. The standard InChI is InChI=1S/C14H17F3N4O2/c1-18-13(23)21-8-4-7-11(21)12(22)20-19-10-6-3-2-5-9(10)14(15,16)17/h2-3,5-6,11,19H,4,7-8H2,1H3,(H,18,23)(H,20,22). The van der Waals surface area contributed by atoms with Gasteiger partial charge >= 0.3 is 12.2 Å². The summed E-state index contributed by atoms with van der Waals surface area (Å²) in [5, 5.41) is 2.43. The molecular formula is C14H17F3N4O2. The molecule has 1 unspecified atom stereocenters. The lowest BCUT2D eigenvalue weighted by Gasteiger charge is -2.24. The van der Waals surface area contributed by atoms with Gasteiger partial charge in [-0.3, -0.25) is 15.6 Å². The molecule has 1 aliphatic rings. The van der Waals surface area contributed by atoms with Gasteiger partial charge in [-0.05, 0) is 25.0 Å². The number of rotatable bonds is 3. The highest BCUT2D eigenvalue weighted by Crippen LogP contribution is 2.34. The van der Waals surface area contributed by atoms with Crippen molar-refractivity contribution in [3.05, 3.63) is 29.8 Å². The number of para-hydroxylation sites is 1. The van der Waals surface area contributed by atoms with Crippen molar-refractivity contribution >= 4 is 17.6 Å². The minimum atomic E-state index is -4.53. The predicted octanol–water partition coefficient (Wildman–Crippen LogP) is 1.95. The lowest BCUT2D eigenvalue weighted by atomic mass is 10.2. The third-order valence-corrected chi connectivity index (χ3v) is 3.58. The highest BCUT2D eigenvalue weighted by Gasteiger charge is 2.35. The molecular weight excluding hydrogens is 313 g/mol. The van der Waals surface area contributed by atoms with E-state index in [1.165, 1.54) is 30.1 Å². The molecule has 1 saturated heterocycles. The van der Waals surface area contributed by atoms with Crippen LogP contribution in [0.5, 0.6) is 0 Å². The normalized spacial score (nSPS) is 17.7. The number of alkyl halides is 3. The molecule has 2 rings (SSSR count). The van der Waals surface area contributed by atoms with Gasteiger partial charge in [0.25, 0.3) is 5.91 Å². The van der Waals surface area contributed by atoms with Crippen molar-refractivity contribution in [1.29, 1.82) is 0 Å². The molecule has 0 radical (unpaired) electrons. The van der Waals surface area contributed by atoms with E-state index in [-0.39, 0.29) is 5.69 Å². The van der Waals surface area contributed by atoms with E-state index in [1.807, 2.05) is 0 Å². The maximum atomic E-state index is 12.9. The van der Waals surface area contributed by atoms with E-state index in [1.54, 1.807) is 0 Å². The van der Waals surface area contributed by atoms with Crippen LogP contribution in [0.4, 0.5) is 23.7 Å². The van der Waals surface area contributed by atoms with Crippen molar-refractivity contribution < 1.29 is 22.8 Å². The van der Waals surface area contributed by atoms with Gasteiger partial charge < -0.3 is 10.2 Å². The second-order valence-electron chi connectivity index (χ2n) is 5.06. The number of carbonyl (C=O) groups excluding carboxylic acids is 2. The Kier molecular flexibility index (Phi) is 4.97. The molecule has 23 heavy (non-hydrogen) atoms. The lowest BCUT2D eigenvalue weighted by Crippen LogP contribution is -2.50. The Balaban J connectivity index is 2.04. The molecule has 0 aromatic heterocycles. The zero-order valence-corrected chi connectivity index (χ0v) is 12.4. The number of nitrogens with zero attached hydrogens (tertiary/aromatic N) is 1. The SMILES string of the molecule is CNC(=O)N1CCCC1C(=O)NNc1ccccc1C(F)(F)F. The maximum Gasteiger partial charge on any atom is 0.418 e. The second-order valence-corrected chi connectivity index (χ2v) is 5.06. The van der Waals surface area contributed by atoms with Crippen LogP contribution >= 0.6 is 0 Å². The van der Waals surface area contributed by atoms with Crippen LogP contribution < -0.4 is 16.2 Å². The topological polar surface area (TPSA) is 73.5 Å². The van der Waals surface area contributed by atoms with Crippen LogP contribution in [0.1, 0.15) is 18.4 Å². The fourth-order valence-corrected chi connectivity index (χ4v) is 2.48. The number of anilines is 1. The minimum Gasteiger partial charge on any atom is -0.341 e. The highest BCUT2D eigenvalue weighted by molar-refractivity contribution is 5.88. The van der Waals surface area contributed by atoms with Crippen molar-refractivity contribution in [2.24, 2.45) is 0 Å². The molecule has 1 aromatic rings. The summed E-state index contributed by atoms with van der Waals surface area (Å²) in [6.45, 7) is 0.427. The monoisotopic (exact) mass is 330 g/mol. The third kappa shape index (κ3) is 3.85. The largest absolute Gasteiger partial charge is 0.418 e. The molecule has 0 spiro atoms. The molecule has 1 aromatic carbocycles. The number of hydrogen-bond donors (Lipinski definition) is 3. The first kappa shape index (κ1) is 16.9. The Hall–Kier alpha value is -2.45. The summed E-state index contributed by atoms with van der Waals surface area (Å²) >= 11 is 0. The van der Waals surface area contributed by atoms with Gasteiger partial charge in [0.05, 0.1) is 11.3 Å². The molecule has 0 bridgehead atoms. The van der Waals surface area contributed by atoms with E-state index in [9.17, 15) is 22.8 Å². The number of halogens is 3. The van der Waals surface area contributed by atoms with E-state index in [2.05, 4.69) is 16.2 Å². The van der Waals surface area contributed by atoms with Gasteiger partial charge in [0.2, 0.25) is 0 Å². The van der Waals surface area contributed by atoms with Crippen molar-refractivity contribution in [1.82, 2.24) is 15.6 Å². The van der Waals surface area contributed by atoms with Gasteiger partial charge in [0.15, 0.2) is 0 Å². The van der Waals surface area contributed by atoms with Gasteiger partial charge in [-0.1, -0.05) is 12.1 Å². The van der Waals surface area contributed by atoms with E-state index in [4.69, 9.17) is 0 Å². The van der Waals surface area contributed by atoms with Crippen LogP contribution in [0.2, 0.25) is 0 Å². The molecule has 3 amide bonds. The van der Waals surface area contributed by atoms with Gasteiger partial charge in [0, 0.05) is 13.6 Å². The van der Waals surface area contributed by atoms with E-state index in [0.29, 0.717) is 19.4 Å². The molecule has 126 valence electrons. The van der Waals surface area contributed by atoms with E-state index < -0.39 is 29.7 Å². The molecule has 1 atom stereocenters. The van der Waals surface area contributed by atoms with Gasteiger partial charge in [-0.15, -0.1) is 0 Å². The number of likely N-dealkylation sites (tertiary alicyclic amines) is 1. The zero-order chi connectivity index (χ0) is 17.0. The summed E-state index contributed by atoms with van der Waals surface area (Å²) in [6, 6.07) is 3.73. The van der Waals surface area contributed by atoms with Crippen LogP contribution in [0.15, 0.2) is 24.3 Å². The summed E-state index contributed by atoms with van der Waals surface area (Å²) in [4.78, 5) is 25.1. The van der Waals surface area contributed by atoms with Crippen molar-refractivity contribution in [2.45, 2.75) is 25.1 Å². The molecule has 0 saturated carbocycles. The number of hydrazine groups is 1. The molecule has 1 aliphatic heterocycles. The number of nitrogens with one attached hydrogen (secondary N) is 3. The molecule has 1 heterocycles. The molecule has 3 N–H and O–H groups in total. The summed E-state index contributed by atoms with van der Waals surface area (Å²) in [5.41, 5.74) is 3.42. The van der Waals surface area contributed by atoms with Gasteiger partial charge in [-0.2, -0.15) is 13.2 Å². The first-order valence-electron chi connectivity index (χ1n) is 7.05. The Morgan fingerprint density at radius 3 is 2.61 bits per heavy atom. The van der Waals surface area contributed by atoms with Crippen LogP contribution in [-0.4, -0.2) is 36.5 Å². The van der Waals surface area contributed by atoms with Crippen molar-refractivity contribution in [3.8, 4) is 0 Å². The van der Waals surface area contributed by atoms with Crippen LogP contribution in [0, 0.1) is 0 Å². The second kappa shape index (κ2) is 6.76. The Labute approximate surface area is 131 Å². The first-order chi connectivity index (χ1) is 10.8. The van der Waals surface area contributed by atoms with Crippen molar-refractivity contribution in [2.75, 3.05) is 19.0 Å². The minimum absolute atomic E-state index is 0.252. The fraction of sp³-hybridized carbons (Fsp3) is 0.429. The molecule has 0 aliphatic carbocycles. The quantitative estimate of drug-likeness (QED) is 0.742. The van der Waals surface area contributed by atoms with E-state index >= 15 is 0 Å². The fourth-order valence-electron chi connectivity index (χ4n) is 2.48. The number of urea groups is 1. The van der Waals surface area contributed by atoms with Crippen LogP contribution in [0.3, 0.4) is 0 Å². The number of hydrogen-bond acceptors (Lipinski definition) is 3. The average molecular weight is 330 g/mol. The molecule has 1 fully saturated rings. The van der Waals surface area contributed by atoms with E-state index in [0.717, 1.165) is 6.07 Å². The van der Waals surface area contributed by atoms with Crippen LogP contribution in [-0.2, 0) is 11.0 Å². The number of amides is 3. The third-order valence-electron chi connectivity index (χ3n) is 3.58. The summed E-state index contributed by atoms with van der Waals surface area (Å²) < 4.78 is 38.6. The zero-order valence-electron chi connectivity index (χ0n) is 12.4. The molecule has 6 nitrogen and oxygen atoms in total. The van der Waals surface area contributed by atoms with Crippen LogP contribution in [0.25, 0.3) is 0 Å². The first-order valence-corrected chi connectivity index (χ1v) is 7.05. The Morgan fingerprint density at radius 1 is 1.26 bits per heavy atom. The Bertz CT molecular complexity index is 592. The predicted molar refractivity (Wildman–Crippen MR) is 77.4 cm³/mol. The van der Waals surface area contributed by atoms with Crippen molar-refractivity contribution in [3.63, 3.8) is 0 Å². The highest BCUT2D eigenvalue weighted by atomic mass is 19.4. The number of benzene rings is 1. The number of carbonyl (C=O) groups is 2. The Morgan fingerprint density at radius 2 is 1.96 bits per heavy atom.